The molecule has 0 saturated heterocycles. The van der Waals surface area contributed by atoms with Gasteiger partial charge in [0, 0.05) is 0 Å². The molecular formula is C30H51N2S+. The third-order valence-electron chi connectivity index (χ3n) is 6.63. The number of thioether (sulfide) groups is 1. The highest BCUT2D eigenvalue weighted by molar-refractivity contribution is 7.98. The van der Waals surface area contributed by atoms with Crippen LogP contribution in [0.2, 0.25) is 0 Å². The Labute approximate surface area is 209 Å². The molecule has 0 aliphatic carbocycles. The molecule has 0 bridgehead atoms. The van der Waals surface area contributed by atoms with Gasteiger partial charge in [0.1, 0.15) is 18.3 Å². The van der Waals surface area contributed by atoms with Gasteiger partial charge >= 0.3 is 0 Å². The van der Waals surface area contributed by atoms with Crippen molar-refractivity contribution >= 4 is 11.8 Å². The molecule has 3 heteroatoms. The number of aromatic nitrogens is 2. The molecule has 0 atom stereocenters. The van der Waals surface area contributed by atoms with Crippen LogP contribution in [-0.2, 0) is 12.4 Å². The first kappa shape index (κ1) is 28.0. The molecule has 0 aliphatic heterocycles. The second-order valence-electron chi connectivity index (χ2n) is 9.64. The van der Waals surface area contributed by atoms with Crippen LogP contribution in [0.4, 0.5) is 0 Å². The first-order chi connectivity index (χ1) is 16.4. The van der Waals surface area contributed by atoms with E-state index in [0.717, 1.165) is 12.4 Å². The van der Waals surface area contributed by atoms with Crippen molar-refractivity contribution in [3.8, 4) is 11.4 Å². The lowest BCUT2D eigenvalue weighted by Gasteiger charge is -2.06. The zero-order valence-electron chi connectivity index (χ0n) is 21.8. The highest BCUT2D eigenvalue weighted by Crippen LogP contribution is 2.19. The van der Waals surface area contributed by atoms with Gasteiger partial charge in [-0.1, -0.05) is 116 Å². The third-order valence-corrected chi connectivity index (χ3v) is 7.67. The van der Waals surface area contributed by atoms with E-state index in [2.05, 4.69) is 77.5 Å². The maximum Gasteiger partial charge on any atom is 0.289 e. The molecule has 2 rings (SSSR count). The van der Waals surface area contributed by atoms with Gasteiger partial charge in [0.15, 0.2) is 0 Å². The van der Waals surface area contributed by atoms with E-state index in [0.29, 0.717) is 0 Å². The van der Waals surface area contributed by atoms with Crippen LogP contribution in [0.1, 0.15) is 117 Å². The zero-order valence-corrected chi connectivity index (χ0v) is 22.6. The molecule has 0 saturated carbocycles. The minimum absolute atomic E-state index is 1.06. The first-order valence-electron chi connectivity index (χ1n) is 14.1. The maximum atomic E-state index is 2.48. The van der Waals surface area contributed by atoms with Crippen molar-refractivity contribution in [2.45, 2.75) is 129 Å². The van der Waals surface area contributed by atoms with Gasteiger partial charge in [-0.25, -0.2) is 9.13 Å². The lowest BCUT2D eigenvalue weighted by Crippen LogP contribution is -2.33. The van der Waals surface area contributed by atoms with E-state index in [1.165, 1.54) is 120 Å². The van der Waals surface area contributed by atoms with Gasteiger partial charge in [-0.05, 0) is 37.1 Å². The molecule has 186 valence electrons. The second-order valence-corrected chi connectivity index (χ2v) is 10.7. The number of imidazole rings is 1. The fourth-order valence-corrected chi connectivity index (χ4v) is 5.53. The van der Waals surface area contributed by atoms with Gasteiger partial charge in [0.2, 0.25) is 0 Å². The fourth-order valence-electron chi connectivity index (χ4n) is 4.59. The Morgan fingerprint density at radius 3 is 1.82 bits per heavy atom. The summed E-state index contributed by atoms with van der Waals surface area (Å²) in [5.41, 5.74) is 1.34. The summed E-state index contributed by atoms with van der Waals surface area (Å²) < 4.78 is 4.95. The number of hydrogen-bond acceptors (Lipinski definition) is 1. The molecule has 0 amide bonds. The molecule has 33 heavy (non-hydrogen) atoms. The topological polar surface area (TPSA) is 8.81 Å². The van der Waals surface area contributed by atoms with E-state index >= 15 is 0 Å². The Hall–Kier alpha value is -1.22. The monoisotopic (exact) mass is 471 g/mol. The summed E-state index contributed by atoms with van der Waals surface area (Å²) in [5.74, 6) is 3.71. The van der Waals surface area contributed by atoms with Crippen LogP contribution in [0, 0.1) is 0 Å². The van der Waals surface area contributed by atoms with Crippen LogP contribution < -0.4 is 4.57 Å². The van der Waals surface area contributed by atoms with E-state index in [9.17, 15) is 0 Å². The molecule has 1 aromatic heterocycles. The Morgan fingerprint density at radius 2 is 1.21 bits per heavy atom. The van der Waals surface area contributed by atoms with E-state index < -0.39 is 0 Å². The van der Waals surface area contributed by atoms with Crippen LogP contribution in [0.25, 0.3) is 11.4 Å². The molecule has 2 nitrogen and oxygen atoms in total. The van der Waals surface area contributed by atoms with E-state index in [-0.39, 0.29) is 0 Å². The minimum atomic E-state index is 1.06. The molecule has 0 unspecified atom stereocenters. The Bertz CT molecular complexity index is 695. The quantitative estimate of drug-likeness (QED) is 0.130. The van der Waals surface area contributed by atoms with Crippen molar-refractivity contribution in [1.82, 2.24) is 4.57 Å². The molecule has 0 fully saturated rings. The summed E-state index contributed by atoms with van der Waals surface area (Å²) >= 11 is 2.09. The molecular weight excluding hydrogens is 420 g/mol. The van der Waals surface area contributed by atoms with Crippen molar-refractivity contribution in [2.75, 3.05) is 5.75 Å². The van der Waals surface area contributed by atoms with Crippen molar-refractivity contribution < 1.29 is 4.57 Å². The van der Waals surface area contributed by atoms with E-state index in [1.807, 2.05) is 0 Å². The largest absolute Gasteiger partial charge is 0.289 e. The van der Waals surface area contributed by atoms with Crippen LogP contribution >= 0.6 is 11.8 Å². The molecule has 0 aliphatic rings. The molecule has 0 N–H and O–H groups in total. The fraction of sp³-hybridized carbons (Fsp3) is 0.700. The highest BCUT2D eigenvalue weighted by Gasteiger charge is 2.18. The standard InChI is InChI=1S/C30H51N2S/c1-3-5-7-9-11-12-13-14-16-21-27-33-28-32-26-25-31(24-20-15-10-8-6-4-2)30(32)29-22-18-17-19-23-29/h17-19,22-23,25-26H,3-16,20-21,24,27-28H2,1-2H3/q+1. The number of unbranched alkanes of at least 4 members (excludes halogenated alkanes) is 14. The minimum Gasteiger partial charge on any atom is -0.230 e. The molecule has 1 aromatic carbocycles. The smallest absolute Gasteiger partial charge is 0.230 e. The average molecular weight is 472 g/mol. The maximum absolute atomic E-state index is 2.48. The van der Waals surface area contributed by atoms with Gasteiger partial charge in [-0.3, -0.25) is 0 Å². The molecule has 2 aromatic rings. The average Bonchev–Trinajstić information content (AvgIpc) is 3.25. The van der Waals surface area contributed by atoms with Crippen LogP contribution in [0.3, 0.4) is 0 Å². The van der Waals surface area contributed by atoms with Crippen molar-refractivity contribution in [3.63, 3.8) is 0 Å². The van der Waals surface area contributed by atoms with Gasteiger partial charge in [-0.15, -0.1) is 11.8 Å². The summed E-state index contributed by atoms with van der Waals surface area (Å²) in [4.78, 5) is 0. The first-order valence-corrected chi connectivity index (χ1v) is 15.2. The lowest BCUT2D eigenvalue weighted by molar-refractivity contribution is -0.664. The van der Waals surface area contributed by atoms with Gasteiger partial charge in [-0.2, -0.15) is 0 Å². The molecule has 0 radical (unpaired) electrons. The zero-order chi connectivity index (χ0) is 23.4. The Kier molecular flexibility index (Phi) is 16.2. The number of aryl methyl sites for hydroxylation is 1. The summed E-state index contributed by atoms with van der Waals surface area (Å²) in [6, 6.07) is 11.0. The number of benzene rings is 1. The van der Waals surface area contributed by atoms with Crippen molar-refractivity contribution in [3.05, 3.63) is 42.7 Å². The third kappa shape index (κ3) is 12.2. The predicted octanol–water partition coefficient (Wildman–Crippen LogP) is 9.41. The highest BCUT2D eigenvalue weighted by atomic mass is 32.2. The predicted molar refractivity (Wildman–Crippen MR) is 148 cm³/mol. The molecule has 1 heterocycles. The SMILES string of the molecule is CCCCCCCCCCCCSC[n+]1ccn(CCCCCCCC)c1-c1ccccc1. The van der Waals surface area contributed by atoms with E-state index in [4.69, 9.17) is 0 Å². The van der Waals surface area contributed by atoms with Gasteiger partial charge < -0.3 is 0 Å². The van der Waals surface area contributed by atoms with Crippen molar-refractivity contribution in [2.24, 2.45) is 0 Å². The van der Waals surface area contributed by atoms with Crippen molar-refractivity contribution in [1.29, 1.82) is 0 Å². The van der Waals surface area contributed by atoms with Gasteiger partial charge in [0.05, 0.1) is 12.1 Å². The second kappa shape index (κ2) is 19.1. The van der Waals surface area contributed by atoms with Gasteiger partial charge in [0.25, 0.3) is 5.82 Å². The summed E-state index contributed by atoms with van der Waals surface area (Å²) in [6.07, 6.45) is 26.9. The van der Waals surface area contributed by atoms with Crippen LogP contribution in [-0.4, -0.2) is 10.3 Å². The number of rotatable bonds is 21. The van der Waals surface area contributed by atoms with E-state index in [1.54, 1.807) is 0 Å². The summed E-state index contributed by atoms with van der Waals surface area (Å²) in [5, 5.41) is 0. The summed E-state index contributed by atoms with van der Waals surface area (Å²) in [6.45, 7) is 5.72. The Morgan fingerprint density at radius 1 is 0.667 bits per heavy atom. The normalized spacial score (nSPS) is 11.3. The number of hydrogen-bond donors (Lipinski definition) is 0. The number of nitrogens with zero attached hydrogens (tertiary/aromatic N) is 2. The summed E-state index contributed by atoms with van der Waals surface area (Å²) in [7, 11) is 0. The molecule has 0 spiro atoms. The Balaban J connectivity index is 1.69. The lowest BCUT2D eigenvalue weighted by atomic mass is 10.1. The van der Waals surface area contributed by atoms with Crippen LogP contribution in [0.15, 0.2) is 42.7 Å². The van der Waals surface area contributed by atoms with Crippen LogP contribution in [0.5, 0.6) is 0 Å².